The highest BCUT2D eigenvalue weighted by Gasteiger charge is 2.38. The van der Waals surface area contributed by atoms with E-state index in [0.717, 1.165) is 0 Å². The average Bonchev–Trinajstić information content (AvgIpc) is 2.75. The largest absolute Gasteiger partial charge is 0.495 e. The number of para-hydroxylation sites is 2. The van der Waals surface area contributed by atoms with Gasteiger partial charge in [0, 0.05) is 13.8 Å². The molecule has 9 heteroatoms. The van der Waals surface area contributed by atoms with Gasteiger partial charge in [0.25, 0.3) is 11.7 Å². The van der Waals surface area contributed by atoms with Crippen molar-refractivity contribution in [1.29, 1.82) is 0 Å². The third kappa shape index (κ3) is 5.37. The molecular weight excluding hydrogens is 418 g/mol. The second-order valence-corrected chi connectivity index (χ2v) is 7.18. The topological polar surface area (TPSA) is 109 Å². The Bertz CT molecular complexity index is 1050. The quantitative estimate of drug-likeness (QED) is 0.397. The molecule has 2 aromatic rings. The normalized spacial score (nSPS) is 14.7. The Hall–Kier alpha value is -4.01. The van der Waals surface area contributed by atoms with Crippen LogP contribution in [0.3, 0.4) is 0 Å². The van der Waals surface area contributed by atoms with Crippen LogP contribution in [0, 0.1) is 0 Å². The summed E-state index contributed by atoms with van der Waals surface area (Å²) in [6, 6.07) is 11.7. The lowest BCUT2D eigenvalue weighted by molar-refractivity contribution is -0.222. The molecule has 168 valence electrons. The number of hydrogen-bond donors (Lipinski definition) is 1. The van der Waals surface area contributed by atoms with Crippen molar-refractivity contribution in [2.45, 2.75) is 19.6 Å². The third-order valence-electron chi connectivity index (χ3n) is 4.36. The van der Waals surface area contributed by atoms with E-state index in [9.17, 15) is 14.4 Å². The summed E-state index contributed by atoms with van der Waals surface area (Å²) in [6.45, 7) is 2.67. The molecule has 32 heavy (non-hydrogen) atoms. The molecule has 0 saturated carbocycles. The molecule has 9 nitrogen and oxygen atoms in total. The summed E-state index contributed by atoms with van der Waals surface area (Å²) in [5.74, 6) is -2.12. The maximum Gasteiger partial charge on any atom is 0.348 e. The molecule has 1 saturated heterocycles. The molecular formula is C23H23NO8. The van der Waals surface area contributed by atoms with E-state index in [1.807, 2.05) is 0 Å². The third-order valence-corrected chi connectivity index (χ3v) is 4.36. The highest BCUT2D eigenvalue weighted by molar-refractivity contribution is 6.18. The summed E-state index contributed by atoms with van der Waals surface area (Å²) < 4.78 is 26.2. The molecule has 0 unspecified atom stereocenters. The van der Waals surface area contributed by atoms with Gasteiger partial charge in [0.15, 0.2) is 18.1 Å². The number of carbonyl (C=O) groups excluding carboxylic acids is 3. The highest BCUT2D eigenvalue weighted by Crippen LogP contribution is 2.31. The number of rotatable bonds is 7. The van der Waals surface area contributed by atoms with Crippen LogP contribution in [0.25, 0.3) is 6.08 Å². The summed E-state index contributed by atoms with van der Waals surface area (Å²) in [5, 5.41) is 2.71. The van der Waals surface area contributed by atoms with Gasteiger partial charge in [-0.25, -0.2) is 9.59 Å². The number of amides is 1. The number of benzene rings is 2. The molecule has 1 aliphatic rings. The van der Waals surface area contributed by atoms with Gasteiger partial charge in [-0.2, -0.15) is 0 Å². The first-order valence-corrected chi connectivity index (χ1v) is 9.64. The monoisotopic (exact) mass is 441 g/mol. The SMILES string of the molecule is COc1ccccc1NC(=O)COc1ccc(C=C2C(=O)OC(C)(C)OC2=O)cc1OC. The fraction of sp³-hybridized carbons (Fsp3) is 0.261. The van der Waals surface area contributed by atoms with Gasteiger partial charge in [-0.15, -0.1) is 0 Å². The van der Waals surface area contributed by atoms with Gasteiger partial charge >= 0.3 is 11.9 Å². The molecule has 1 N–H and O–H groups in total. The van der Waals surface area contributed by atoms with Crippen molar-refractivity contribution in [3.8, 4) is 17.2 Å². The number of cyclic esters (lactones) is 2. The fourth-order valence-corrected chi connectivity index (χ4v) is 2.92. The van der Waals surface area contributed by atoms with Crippen molar-refractivity contribution in [3.05, 3.63) is 53.6 Å². The molecule has 0 aliphatic carbocycles. The van der Waals surface area contributed by atoms with E-state index < -0.39 is 23.6 Å². The second kappa shape index (κ2) is 9.42. The van der Waals surface area contributed by atoms with Crippen molar-refractivity contribution in [1.82, 2.24) is 0 Å². The van der Waals surface area contributed by atoms with Crippen molar-refractivity contribution >= 4 is 29.6 Å². The average molecular weight is 441 g/mol. The summed E-state index contributed by atoms with van der Waals surface area (Å²) >= 11 is 0. The van der Waals surface area contributed by atoms with Crippen LogP contribution in [-0.4, -0.2) is 44.5 Å². The lowest BCUT2D eigenvalue weighted by atomic mass is 10.1. The van der Waals surface area contributed by atoms with Gasteiger partial charge in [-0.3, -0.25) is 4.79 Å². The number of anilines is 1. The predicted molar refractivity (Wildman–Crippen MR) is 114 cm³/mol. The second-order valence-electron chi connectivity index (χ2n) is 7.18. The molecule has 1 amide bonds. The van der Waals surface area contributed by atoms with Gasteiger partial charge in [-0.1, -0.05) is 18.2 Å². The Labute approximate surface area is 184 Å². The lowest BCUT2D eigenvalue weighted by Gasteiger charge is -2.29. The van der Waals surface area contributed by atoms with Gasteiger partial charge in [0.1, 0.15) is 11.3 Å². The molecule has 3 rings (SSSR count). The molecule has 0 radical (unpaired) electrons. The van der Waals surface area contributed by atoms with Crippen LogP contribution < -0.4 is 19.5 Å². The minimum atomic E-state index is -1.31. The predicted octanol–water partition coefficient (Wildman–Crippen LogP) is 2.94. The molecule has 2 aromatic carbocycles. The van der Waals surface area contributed by atoms with Crippen LogP contribution in [0.15, 0.2) is 48.0 Å². The first kappa shape index (κ1) is 22.7. The van der Waals surface area contributed by atoms with E-state index in [2.05, 4.69) is 5.32 Å². The number of methoxy groups -OCH3 is 2. The summed E-state index contributed by atoms with van der Waals surface area (Å²) in [7, 11) is 2.94. The first-order valence-electron chi connectivity index (χ1n) is 9.64. The minimum absolute atomic E-state index is 0.240. The zero-order valence-electron chi connectivity index (χ0n) is 18.1. The van der Waals surface area contributed by atoms with Crippen molar-refractivity contribution < 1.29 is 38.1 Å². The molecule has 0 spiro atoms. The van der Waals surface area contributed by atoms with E-state index in [1.54, 1.807) is 42.5 Å². The summed E-state index contributed by atoms with van der Waals surface area (Å²) in [5.41, 5.74) is 0.763. The molecule has 0 aromatic heterocycles. The number of hydrogen-bond acceptors (Lipinski definition) is 8. The van der Waals surface area contributed by atoms with E-state index >= 15 is 0 Å². The van der Waals surface area contributed by atoms with Crippen LogP contribution in [-0.2, 0) is 23.9 Å². The first-order chi connectivity index (χ1) is 15.2. The maximum atomic E-state index is 12.3. The Balaban J connectivity index is 1.70. The van der Waals surface area contributed by atoms with Crippen molar-refractivity contribution in [2.75, 3.05) is 26.1 Å². The maximum absolute atomic E-state index is 12.3. The van der Waals surface area contributed by atoms with Crippen LogP contribution in [0.2, 0.25) is 0 Å². The fourth-order valence-electron chi connectivity index (χ4n) is 2.92. The van der Waals surface area contributed by atoms with Crippen LogP contribution in [0.1, 0.15) is 19.4 Å². The van der Waals surface area contributed by atoms with E-state index in [-0.39, 0.29) is 12.2 Å². The van der Waals surface area contributed by atoms with Gasteiger partial charge in [0.2, 0.25) is 0 Å². The summed E-state index contributed by atoms with van der Waals surface area (Å²) in [6.07, 6.45) is 1.33. The van der Waals surface area contributed by atoms with Gasteiger partial charge in [0.05, 0.1) is 19.9 Å². The molecule has 1 heterocycles. The highest BCUT2D eigenvalue weighted by atomic mass is 16.7. The summed E-state index contributed by atoms with van der Waals surface area (Å²) in [4.78, 5) is 36.5. The Morgan fingerprint density at radius 2 is 1.62 bits per heavy atom. The van der Waals surface area contributed by atoms with E-state index in [0.29, 0.717) is 28.5 Å². The Morgan fingerprint density at radius 1 is 0.969 bits per heavy atom. The number of esters is 2. The standard InChI is InChI=1S/C23H23NO8/c1-23(2)31-21(26)15(22(27)32-23)11-14-9-10-18(19(12-14)29-4)30-13-20(25)24-16-7-5-6-8-17(16)28-3/h5-12H,13H2,1-4H3,(H,24,25). The Morgan fingerprint density at radius 3 is 2.28 bits per heavy atom. The molecule has 0 bridgehead atoms. The molecule has 1 fully saturated rings. The number of carbonyl (C=O) groups is 3. The lowest BCUT2D eigenvalue weighted by Crippen LogP contribution is -2.41. The number of nitrogens with one attached hydrogen (secondary N) is 1. The van der Waals surface area contributed by atoms with Crippen LogP contribution in [0.4, 0.5) is 5.69 Å². The number of ether oxygens (including phenoxy) is 5. The molecule has 0 atom stereocenters. The van der Waals surface area contributed by atoms with E-state index in [4.69, 9.17) is 23.7 Å². The van der Waals surface area contributed by atoms with Crippen LogP contribution in [0.5, 0.6) is 17.2 Å². The van der Waals surface area contributed by atoms with E-state index in [1.165, 1.54) is 34.1 Å². The molecule has 1 aliphatic heterocycles. The van der Waals surface area contributed by atoms with Crippen LogP contribution >= 0.6 is 0 Å². The van der Waals surface area contributed by atoms with Crippen molar-refractivity contribution in [3.63, 3.8) is 0 Å². The minimum Gasteiger partial charge on any atom is -0.495 e. The zero-order chi connectivity index (χ0) is 23.3. The van der Waals surface area contributed by atoms with Gasteiger partial charge in [-0.05, 0) is 35.9 Å². The van der Waals surface area contributed by atoms with Gasteiger partial charge < -0.3 is 29.0 Å². The smallest absolute Gasteiger partial charge is 0.348 e. The van der Waals surface area contributed by atoms with Crippen molar-refractivity contribution in [2.24, 2.45) is 0 Å². The Kier molecular flexibility index (Phi) is 6.67. The zero-order valence-corrected chi connectivity index (χ0v) is 18.1.